The minimum Gasteiger partial charge on any atom is -0.469 e. The molecule has 2 aromatic rings. The van der Waals surface area contributed by atoms with Crippen molar-refractivity contribution in [2.45, 2.75) is 20.0 Å². The smallest absolute Gasteiger partial charge is 0.342 e. The number of carbonyl (C=O) groups is 2. The van der Waals surface area contributed by atoms with E-state index in [9.17, 15) is 24.1 Å². The van der Waals surface area contributed by atoms with Gasteiger partial charge >= 0.3 is 11.7 Å². The molecule has 1 amide bonds. The van der Waals surface area contributed by atoms with Crippen molar-refractivity contribution in [1.82, 2.24) is 0 Å². The predicted octanol–water partition coefficient (Wildman–Crippen LogP) is 2.82. The zero-order chi connectivity index (χ0) is 17.9. The third-order valence-corrected chi connectivity index (χ3v) is 3.14. The molecule has 9 heteroatoms. The van der Waals surface area contributed by atoms with Gasteiger partial charge in [-0.2, -0.15) is 4.39 Å². The Kier molecular flexibility index (Phi) is 4.93. The fourth-order valence-electron chi connectivity index (χ4n) is 1.85. The van der Waals surface area contributed by atoms with Gasteiger partial charge in [-0.1, -0.05) is 0 Å². The van der Waals surface area contributed by atoms with Crippen molar-refractivity contribution in [2.75, 3.05) is 5.32 Å². The van der Waals surface area contributed by atoms with E-state index in [4.69, 9.17) is 9.15 Å². The summed E-state index contributed by atoms with van der Waals surface area (Å²) in [5, 5.41) is 13.0. The molecular weight excluding hydrogens is 323 g/mol. The van der Waals surface area contributed by atoms with Crippen molar-refractivity contribution in [3.05, 3.63) is 57.8 Å². The minimum absolute atomic E-state index is 0.00971. The number of hydrogen-bond donors (Lipinski definition) is 1. The average molecular weight is 336 g/mol. The van der Waals surface area contributed by atoms with Crippen molar-refractivity contribution in [1.29, 1.82) is 0 Å². The molecule has 0 radical (unpaired) electrons. The summed E-state index contributed by atoms with van der Waals surface area (Å²) in [6.07, 6.45) is 0.143. The quantitative estimate of drug-likeness (QED) is 0.510. The van der Waals surface area contributed by atoms with Gasteiger partial charge in [-0.25, -0.2) is 4.79 Å². The molecule has 24 heavy (non-hydrogen) atoms. The van der Waals surface area contributed by atoms with Gasteiger partial charge in [-0.05, 0) is 32.0 Å². The molecule has 0 bridgehead atoms. The van der Waals surface area contributed by atoms with Crippen LogP contribution in [0.2, 0.25) is 0 Å². The van der Waals surface area contributed by atoms with E-state index in [0.717, 1.165) is 18.2 Å². The minimum atomic E-state index is -1.17. The Morgan fingerprint density at radius 2 is 2.08 bits per heavy atom. The van der Waals surface area contributed by atoms with Crippen LogP contribution in [0.5, 0.6) is 0 Å². The topological polar surface area (TPSA) is 112 Å². The van der Waals surface area contributed by atoms with E-state index in [1.165, 1.54) is 19.3 Å². The van der Waals surface area contributed by atoms with Gasteiger partial charge in [-0.3, -0.25) is 14.9 Å². The summed E-state index contributed by atoms with van der Waals surface area (Å²) < 4.78 is 23.2. The van der Waals surface area contributed by atoms with Crippen LogP contribution < -0.4 is 5.32 Å². The lowest BCUT2D eigenvalue weighted by Gasteiger charge is -2.13. The van der Waals surface area contributed by atoms with Crippen molar-refractivity contribution < 1.29 is 28.1 Å². The lowest BCUT2D eigenvalue weighted by molar-refractivity contribution is -0.387. The molecule has 1 N–H and O–H groups in total. The summed E-state index contributed by atoms with van der Waals surface area (Å²) in [6, 6.07) is 4.31. The molecule has 0 aliphatic heterocycles. The number of carbonyl (C=O) groups excluding carboxylic acids is 2. The number of nitrogens with one attached hydrogen (secondary N) is 1. The number of rotatable bonds is 5. The largest absolute Gasteiger partial charge is 0.469 e. The number of hydrogen-bond acceptors (Lipinski definition) is 6. The first kappa shape index (κ1) is 17.1. The maximum absolute atomic E-state index is 13.3. The summed E-state index contributed by atoms with van der Waals surface area (Å²) >= 11 is 0. The van der Waals surface area contributed by atoms with Crippen LogP contribution in [0.3, 0.4) is 0 Å². The van der Waals surface area contributed by atoms with Gasteiger partial charge in [0.1, 0.15) is 11.3 Å². The molecule has 126 valence electrons. The van der Waals surface area contributed by atoms with Gasteiger partial charge in [0.25, 0.3) is 5.91 Å². The number of amides is 1. The molecule has 0 aliphatic rings. The molecule has 1 heterocycles. The lowest BCUT2D eigenvalue weighted by Crippen LogP contribution is -2.30. The lowest BCUT2D eigenvalue weighted by atomic mass is 10.2. The molecule has 0 fully saturated rings. The van der Waals surface area contributed by atoms with Crippen LogP contribution in [0.25, 0.3) is 0 Å². The maximum Gasteiger partial charge on any atom is 0.342 e. The number of esters is 1. The highest BCUT2D eigenvalue weighted by Crippen LogP contribution is 2.22. The average Bonchev–Trinajstić information content (AvgIpc) is 2.95. The van der Waals surface area contributed by atoms with Gasteiger partial charge < -0.3 is 14.5 Å². The first-order valence-corrected chi connectivity index (χ1v) is 6.79. The Hall–Kier alpha value is -3.23. The number of furan rings is 1. The molecule has 1 aromatic carbocycles. The van der Waals surface area contributed by atoms with Crippen LogP contribution in [0.15, 0.2) is 34.9 Å². The Morgan fingerprint density at radius 3 is 2.67 bits per heavy atom. The van der Waals surface area contributed by atoms with Crippen molar-refractivity contribution >= 4 is 23.3 Å². The number of aryl methyl sites for hydroxylation is 1. The number of nitro benzene ring substituents is 1. The third kappa shape index (κ3) is 3.75. The van der Waals surface area contributed by atoms with E-state index < -0.39 is 34.4 Å². The van der Waals surface area contributed by atoms with Crippen LogP contribution in [-0.4, -0.2) is 22.9 Å². The molecule has 0 saturated carbocycles. The standard InChI is InChI=1S/C15H13FN2O6/c1-8-11(5-6-23-8)15(20)24-9(2)14(19)17-10-3-4-12(16)13(7-10)18(21)22/h3-7,9H,1-2H3,(H,17,19)/t9-/m0/s1. The summed E-state index contributed by atoms with van der Waals surface area (Å²) in [5.41, 5.74) is -0.575. The zero-order valence-corrected chi connectivity index (χ0v) is 12.7. The normalized spacial score (nSPS) is 11.6. The van der Waals surface area contributed by atoms with Gasteiger partial charge in [0.15, 0.2) is 6.10 Å². The van der Waals surface area contributed by atoms with Gasteiger partial charge in [0.05, 0.1) is 11.2 Å². The van der Waals surface area contributed by atoms with E-state index in [1.807, 2.05) is 0 Å². The second kappa shape index (κ2) is 6.90. The highest BCUT2D eigenvalue weighted by atomic mass is 19.1. The number of halogens is 1. The fourth-order valence-corrected chi connectivity index (χ4v) is 1.85. The summed E-state index contributed by atoms with van der Waals surface area (Å²) in [4.78, 5) is 33.6. The van der Waals surface area contributed by atoms with Gasteiger partial charge in [-0.15, -0.1) is 0 Å². The molecular formula is C15H13FN2O6. The highest BCUT2D eigenvalue weighted by Gasteiger charge is 2.22. The molecule has 0 spiro atoms. The Morgan fingerprint density at radius 1 is 1.38 bits per heavy atom. The molecule has 0 aliphatic carbocycles. The summed E-state index contributed by atoms with van der Waals surface area (Å²) in [5.74, 6) is -2.13. The van der Waals surface area contributed by atoms with Gasteiger partial charge in [0.2, 0.25) is 5.82 Å². The predicted molar refractivity (Wildman–Crippen MR) is 80.0 cm³/mol. The zero-order valence-electron chi connectivity index (χ0n) is 12.7. The van der Waals surface area contributed by atoms with E-state index in [0.29, 0.717) is 5.76 Å². The van der Waals surface area contributed by atoms with E-state index >= 15 is 0 Å². The molecule has 1 atom stereocenters. The molecule has 1 aromatic heterocycles. The van der Waals surface area contributed by atoms with E-state index in [-0.39, 0.29) is 11.3 Å². The number of nitrogens with zero attached hydrogens (tertiary/aromatic N) is 1. The first-order valence-electron chi connectivity index (χ1n) is 6.79. The Labute approximate surface area is 135 Å². The highest BCUT2D eigenvalue weighted by molar-refractivity contribution is 5.97. The number of anilines is 1. The summed E-state index contributed by atoms with van der Waals surface area (Å²) in [6.45, 7) is 2.90. The van der Waals surface area contributed by atoms with E-state index in [1.54, 1.807) is 6.92 Å². The van der Waals surface area contributed by atoms with Crippen LogP contribution in [0, 0.1) is 22.9 Å². The second-order valence-corrected chi connectivity index (χ2v) is 4.85. The van der Waals surface area contributed by atoms with Gasteiger partial charge in [0, 0.05) is 11.8 Å². The first-order chi connectivity index (χ1) is 11.3. The monoisotopic (exact) mass is 336 g/mol. The maximum atomic E-state index is 13.3. The van der Waals surface area contributed by atoms with Crippen molar-refractivity contribution in [2.24, 2.45) is 0 Å². The van der Waals surface area contributed by atoms with Crippen LogP contribution in [0.1, 0.15) is 23.0 Å². The number of benzene rings is 1. The Bertz CT molecular complexity index is 801. The van der Waals surface area contributed by atoms with E-state index in [2.05, 4.69) is 5.32 Å². The van der Waals surface area contributed by atoms with Crippen LogP contribution in [0.4, 0.5) is 15.8 Å². The second-order valence-electron chi connectivity index (χ2n) is 4.85. The summed E-state index contributed by atoms with van der Waals surface area (Å²) in [7, 11) is 0. The Balaban J connectivity index is 2.04. The number of ether oxygens (including phenoxy) is 1. The third-order valence-electron chi connectivity index (χ3n) is 3.14. The van der Waals surface area contributed by atoms with Crippen LogP contribution >= 0.6 is 0 Å². The molecule has 8 nitrogen and oxygen atoms in total. The van der Waals surface area contributed by atoms with Crippen LogP contribution in [-0.2, 0) is 9.53 Å². The fraction of sp³-hybridized carbons (Fsp3) is 0.200. The molecule has 0 saturated heterocycles. The molecule has 0 unspecified atom stereocenters. The molecule has 2 rings (SSSR count). The van der Waals surface area contributed by atoms with Crippen molar-refractivity contribution in [3.63, 3.8) is 0 Å². The number of nitro groups is 1. The van der Waals surface area contributed by atoms with Crippen molar-refractivity contribution in [3.8, 4) is 0 Å². The SMILES string of the molecule is Cc1occc1C(=O)O[C@@H](C)C(=O)Nc1ccc(F)c([N+](=O)[O-])c1.